The minimum absolute atomic E-state index is 0.478. The van der Waals surface area contributed by atoms with Gasteiger partial charge in [-0.1, -0.05) is 12.2 Å². The fraction of sp³-hybridized carbons (Fsp3) is 0.278. The molecule has 0 aliphatic carbocycles. The first-order valence-corrected chi connectivity index (χ1v) is 7.52. The summed E-state index contributed by atoms with van der Waals surface area (Å²) in [6.45, 7) is 1.11. The summed E-state index contributed by atoms with van der Waals surface area (Å²) in [7, 11) is 1.65. The van der Waals surface area contributed by atoms with Gasteiger partial charge in [-0.3, -0.25) is 4.98 Å². The molecule has 0 bridgehead atoms. The summed E-state index contributed by atoms with van der Waals surface area (Å²) in [6, 6.07) is 9.97. The highest BCUT2D eigenvalue weighted by atomic mass is 16.5. The zero-order chi connectivity index (χ0) is 15.2. The van der Waals surface area contributed by atoms with E-state index in [9.17, 15) is 0 Å². The molecule has 2 heterocycles. The van der Waals surface area contributed by atoms with E-state index in [0.29, 0.717) is 6.04 Å². The van der Waals surface area contributed by atoms with Crippen LogP contribution in [0, 0.1) is 0 Å². The highest BCUT2D eigenvalue weighted by Gasteiger charge is 2.09. The van der Waals surface area contributed by atoms with Crippen molar-refractivity contribution in [2.45, 2.75) is 18.9 Å². The van der Waals surface area contributed by atoms with Gasteiger partial charge in [0.1, 0.15) is 17.2 Å². The van der Waals surface area contributed by atoms with Crippen LogP contribution in [0.1, 0.15) is 18.4 Å². The average Bonchev–Trinajstić information content (AvgIpc) is 3.08. The lowest BCUT2D eigenvalue weighted by Gasteiger charge is -2.07. The molecule has 4 heteroatoms. The highest BCUT2D eigenvalue weighted by molar-refractivity contribution is 5.51. The van der Waals surface area contributed by atoms with Crippen LogP contribution in [0.3, 0.4) is 0 Å². The Kier molecular flexibility index (Phi) is 4.71. The molecule has 114 valence electrons. The number of rotatable bonds is 5. The van der Waals surface area contributed by atoms with E-state index in [1.54, 1.807) is 13.3 Å². The molecular weight excluding hydrogens is 276 g/mol. The predicted molar refractivity (Wildman–Crippen MR) is 87.4 cm³/mol. The monoisotopic (exact) mass is 296 g/mol. The molecule has 0 unspecified atom stereocenters. The van der Waals surface area contributed by atoms with Crippen molar-refractivity contribution in [3.05, 3.63) is 54.4 Å². The van der Waals surface area contributed by atoms with Gasteiger partial charge < -0.3 is 14.8 Å². The van der Waals surface area contributed by atoms with Crippen molar-refractivity contribution < 1.29 is 9.47 Å². The highest BCUT2D eigenvalue weighted by Crippen LogP contribution is 2.24. The standard InChI is InChI=1S/C18H20N2O2/c1-21-16-6-8-17(9-7-16)22-18-11-14(12-19-13-18)4-5-15-3-2-10-20-15/h4-9,11-13,15,20H,2-3,10H2,1H3/t15-/m1/s1. The van der Waals surface area contributed by atoms with Crippen LogP contribution < -0.4 is 14.8 Å². The molecule has 1 atom stereocenters. The third-order valence-corrected chi connectivity index (χ3v) is 3.65. The van der Waals surface area contributed by atoms with E-state index in [0.717, 1.165) is 29.4 Å². The minimum Gasteiger partial charge on any atom is -0.497 e. The first-order valence-electron chi connectivity index (χ1n) is 7.52. The van der Waals surface area contributed by atoms with Gasteiger partial charge in [-0.2, -0.15) is 0 Å². The third-order valence-electron chi connectivity index (χ3n) is 3.65. The lowest BCUT2D eigenvalue weighted by molar-refractivity contribution is 0.412. The number of nitrogens with zero attached hydrogens (tertiary/aromatic N) is 1. The van der Waals surface area contributed by atoms with Crippen molar-refractivity contribution in [3.63, 3.8) is 0 Å². The Morgan fingerprint density at radius 1 is 1.14 bits per heavy atom. The molecule has 0 amide bonds. The number of hydrogen-bond acceptors (Lipinski definition) is 4. The zero-order valence-corrected chi connectivity index (χ0v) is 12.7. The fourth-order valence-corrected chi connectivity index (χ4v) is 2.47. The Bertz CT molecular complexity index is 632. The van der Waals surface area contributed by atoms with E-state index < -0.39 is 0 Å². The number of nitrogens with one attached hydrogen (secondary N) is 1. The fourth-order valence-electron chi connectivity index (χ4n) is 2.47. The predicted octanol–water partition coefficient (Wildman–Crippen LogP) is 3.65. The molecule has 1 N–H and O–H groups in total. The van der Waals surface area contributed by atoms with Crippen molar-refractivity contribution in [1.29, 1.82) is 0 Å². The molecular formula is C18H20N2O2. The summed E-state index contributed by atoms with van der Waals surface area (Å²) >= 11 is 0. The number of pyridine rings is 1. The van der Waals surface area contributed by atoms with Gasteiger partial charge in [0.2, 0.25) is 0 Å². The van der Waals surface area contributed by atoms with Gasteiger partial charge in [0.15, 0.2) is 0 Å². The maximum atomic E-state index is 5.82. The molecule has 3 rings (SSSR count). The van der Waals surface area contributed by atoms with Gasteiger partial charge in [-0.25, -0.2) is 0 Å². The summed E-state index contributed by atoms with van der Waals surface area (Å²) in [5, 5.41) is 3.44. The second-order valence-electron chi connectivity index (χ2n) is 5.29. The van der Waals surface area contributed by atoms with Gasteiger partial charge in [-0.15, -0.1) is 0 Å². The molecule has 1 fully saturated rings. The van der Waals surface area contributed by atoms with Crippen LogP contribution in [0.25, 0.3) is 6.08 Å². The molecule has 1 aromatic carbocycles. The average molecular weight is 296 g/mol. The molecule has 2 aromatic rings. The van der Waals surface area contributed by atoms with Crippen LogP contribution in [-0.4, -0.2) is 24.7 Å². The summed E-state index contributed by atoms with van der Waals surface area (Å²) in [5.41, 5.74) is 1.04. The molecule has 22 heavy (non-hydrogen) atoms. The summed E-state index contributed by atoms with van der Waals surface area (Å²) < 4.78 is 11.0. The maximum Gasteiger partial charge on any atom is 0.146 e. The lowest BCUT2D eigenvalue weighted by atomic mass is 10.2. The van der Waals surface area contributed by atoms with Crippen molar-refractivity contribution >= 4 is 6.08 Å². The molecule has 1 aliphatic heterocycles. The molecule has 1 saturated heterocycles. The minimum atomic E-state index is 0.478. The Morgan fingerprint density at radius 3 is 2.68 bits per heavy atom. The molecule has 1 aromatic heterocycles. The van der Waals surface area contributed by atoms with Gasteiger partial charge in [0, 0.05) is 12.2 Å². The van der Waals surface area contributed by atoms with Crippen LogP contribution in [0.15, 0.2) is 48.8 Å². The molecule has 0 spiro atoms. The van der Waals surface area contributed by atoms with Crippen LogP contribution in [-0.2, 0) is 0 Å². The van der Waals surface area contributed by atoms with E-state index in [1.807, 2.05) is 36.5 Å². The second kappa shape index (κ2) is 7.09. The van der Waals surface area contributed by atoms with Gasteiger partial charge >= 0.3 is 0 Å². The Morgan fingerprint density at radius 2 is 1.95 bits per heavy atom. The molecule has 0 radical (unpaired) electrons. The summed E-state index contributed by atoms with van der Waals surface area (Å²) in [6.07, 6.45) is 10.3. The Balaban J connectivity index is 1.67. The first-order chi connectivity index (χ1) is 10.8. The van der Waals surface area contributed by atoms with E-state index in [1.165, 1.54) is 12.8 Å². The first kappa shape index (κ1) is 14.6. The number of hydrogen-bond donors (Lipinski definition) is 1. The van der Waals surface area contributed by atoms with Crippen molar-refractivity contribution in [2.75, 3.05) is 13.7 Å². The smallest absolute Gasteiger partial charge is 0.146 e. The number of ether oxygens (including phenoxy) is 2. The third kappa shape index (κ3) is 3.86. The van der Waals surface area contributed by atoms with E-state index in [2.05, 4.69) is 22.5 Å². The van der Waals surface area contributed by atoms with Gasteiger partial charge in [-0.05, 0) is 55.3 Å². The molecule has 1 aliphatic rings. The zero-order valence-electron chi connectivity index (χ0n) is 12.7. The SMILES string of the molecule is COc1ccc(Oc2cncc(C=C[C@H]3CCCN3)c2)cc1. The van der Waals surface area contributed by atoms with E-state index >= 15 is 0 Å². The lowest BCUT2D eigenvalue weighted by Crippen LogP contribution is -2.17. The van der Waals surface area contributed by atoms with Crippen molar-refractivity contribution in [2.24, 2.45) is 0 Å². The number of aromatic nitrogens is 1. The maximum absolute atomic E-state index is 5.82. The Labute approximate surface area is 130 Å². The second-order valence-corrected chi connectivity index (χ2v) is 5.29. The van der Waals surface area contributed by atoms with Crippen LogP contribution in [0.2, 0.25) is 0 Å². The van der Waals surface area contributed by atoms with Crippen LogP contribution >= 0.6 is 0 Å². The molecule has 4 nitrogen and oxygen atoms in total. The number of benzene rings is 1. The van der Waals surface area contributed by atoms with Crippen LogP contribution in [0.4, 0.5) is 0 Å². The largest absolute Gasteiger partial charge is 0.497 e. The topological polar surface area (TPSA) is 43.4 Å². The van der Waals surface area contributed by atoms with Gasteiger partial charge in [0.25, 0.3) is 0 Å². The van der Waals surface area contributed by atoms with E-state index in [4.69, 9.17) is 9.47 Å². The Hall–Kier alpha value is -2.33. The number of methoxy groups -OCH3 is 1. The van der Waals surface area contributed by atoms with Crippen molar-refractivity contribution in [3.8, 4) is 17.2 Å². The van der Waals surface area contributed by atoms with Crippen LogP contribution in [0.5, 0.6) is 17.2 Å². The van der Waals surface area contributed by atoms with E-state index in [-0.39, 0.29) is 0 Å². The normalized spacial score (nSPS) is 17.8. The van der Waals surface area contributed by atoms with Crippen molar-refractivity contribution in [1.82, 2.24) is 10.3 Å². The van der Waals surface area contributed by atoms with Gasteiger partial charge in [0.05, 0.1) is 13.3 Å². The quantitative estimate of drug-likeness (QED) is 0.914. The summed E-state index contributed by atoms with van der Waals surface area (Å²) in [4.78, 5) is 4.24. The summed E-state index contributed by atoms with van der Waals surface area (Å²) in [5.74, 6) is 2.30. The molecule has 0 saturated carbocycles.